The number of amides is 1. The number of hydrogen-bond donors (Lipinski definition) is 1. The minimum absolute atomic E-state index is 0.127. The number of benzene rings is 1. The van der Waals surface area contributed by atoms with Gasteiger partial charge in [0.05, 0.1) is 25.5 Å². The van der Waals surface area contributed by atoms with Gasteiger partial charge in [-0.1, -0.05) is 0 Å². The molecular weight excluding hydrogens is 251 g/mol. The van der Waals surface area contributed by atoms with E-state index in [0.29, 0.717) is 13.2 Å². The normalized spacial score (nSPS) is 15.2. The van der Waals surface area contributed by atoms with E-state index in [9.17, 15) is 9.18 Å². The zero-order valence-corrected chi connectivity index (χ0v) is 10.8. The maximum atomic E-state index is 13.6. The predicted octanol–water partition coefficient (Wildman–Crippen LogP) is 2.23. The Bertz CT molecular complexity index is 448. The maximum absolute atomic E-state index is 13.6. The van der Waals surface area contributed by atoms with Crippen LogP contribution in [0.5, 0.6) is 0 Å². The second-order valence-corrected chi connectivity index (χ2v) is 4.11. The fourth-order valence-electron chi connectivity index (χ4n) is 1.90. The number of anilines is 2. The molecule has 1 amide bonds. The molecule has 0 saturated carbocycles. The van der Waals surface area contributed by atoms with Gasteiger partial charge in [-0.15, -0.1) is 0 Å². The molecule has 0 spiro atoms. The van der Waals surface area contributed by atoms with Gasteiger partial charge in [-0.3, -0.25) is 5.32 Å². The molecule has 1 aromatic rings. The zero-order valence-electron chi connectivity index (χ0n) is 10.8. The first kappa shape index (κ1) is 13.6. The van der Waals surface area contributed by atoms with Crippen LogP contribution < -0.4 is 10.2 Å². The molecule has 2 rings (SSSR count). The number of halogens is 1. The average molecular weight is 268 g/mol. The molecular formula is C13H17FN2O3. The van der Waals surface area contributed by atoms with Crippen molar-refractivity contribution in [1.29, 1.82) is 0 Å². The van der Waals surface area contributed by atoms with Gasteiger partial charge in [0, 0.05) is 18.8 Å². The SMILES string of the molecule is CCOC(=O)Nc1cc(N2CCOCC2)ccc1F. The van der Waals surface area contributed by atoms with E-state index >= 15 is 0 Å². The van der Waals surface area contributed by atoms with Crippen LogP contribution >= 0.6 is 0 Å². The summed E-state index contributed by atoms with van der Waals surface area (Å²) in [6.45, 7) is 4.75. The van der Waals surface area contributed by atoms with Gasteiger partial charge in [-0.2, -0.15) is 0 Å². The summed E-state index contributed by atoms with van der Waals surface area (Å²) in [5.74, 6) is -0.481. The van der Waals surface area contributed by atoms with E-state index in [2.05, 4.69) is 10.2 Å². The number of carbonyl (C=O) groups excluding carboxylic acids is 1. The number of morpholine rings is 1. The number of nitrogens with one attached hydrogen (secondary N) is 1. The van der Waals surface area contributed by atoms with E-state index in [0.717, 1.165) is 18.8 Å². The first-order chi connectivity index (χ1) is 9.20. The quantitative estimate of drug-likeness (QED) is 0.913. The minimum Gasteiger partial charge on any atom is -0.450 e. The summed E-state index contributed by atoms with van der Waals surface area (Å²) in [5, 5.41) is 2.40. The second kappa shape index (κ2) is 6.38. The van der Waals surface area contributed by atoms with Crippen molar-refractivity contribution in [1.82, 2.24) is 0 Å². The van der Waals surface area contributed by atoms with Gasteiger partial charge in [0.2, 0.25) is 0 Å². The van der Waals surface area contributed by atoms with E-state index in [-0.39, 0.29) is 12.3 Å². The van der Waals surface area contributed by atoms with Crippen molar-refractivity contribution >= 4 is 17.5 Å². The first-order valence-corrected chi connectivity index (χ1v) is 6.26. The van der Waals surface area contributed by atoms with Crippen molar-refractivity contribution < 1.29 is 18.7 Å². The number of nitrogens with zero attached hydrogens (tertiary/aromatic N) is 1. The summed E-state index contributed by atoms with van der Waals surface area (Å²) in [6, 6.07) is 4.64. The lowest BCUT2D eigenvalue weighted by atomic mass is 10.2. The van der Waals surface area contributed by atoms with Gasteiger partial charge in [0.1, 0.15) is 5.82 Å². The summed E-state index contributed by atoms with van der Waals surface area (Å²) in [4.78, 5) is 13.4. The van der Waals surface area contributed by atoms with E-state index in [1.165, 1.54) is 6.07 Å². The van der Waals surface area contributed by atoms with E-state index in [4.69, 9.17) is 9.47 Å². The molecule has 1 saturated heterocycles. The highest BCUT2D eigenvalue weighted by molar-refractivity contribution is 5.85. The third-order valence-electron chi connectivity index (χ3n) is 2.84. The summed E-state index contributed by atoms with van der Waals surface area (Å²) >= 11 is 0. The molecule has 0 atom stereocenters. The van der Waals surface area contributed by atoms with Crippen LogP contribution in [-0.4, -0.2) is 39.0 Å². The van der Waals surface area contributed by atoms with Crippen LogP contribution in [0.3, 0.4) is 0 Å². The highest BCUT2D eigenvalue weighted by Crippen LogP contribution is 2.23. The Morgan fingerprint density at radius 3 is 2.89 bits per heavy atom. The van der Waals surface area contributed by atoms with Crippen molar-refractivity contribution in [3.63, 3.8) is 0 Å². The lowest BCUT2D eigenvalue weighted by Gasteiger charge is -2.29. The largest absolute Gasteiger partial charge is 0.450 e. The van der Waals surface area contributed by atoms with Crippen LogP contribution in [0.2, 0.25) is 0 Å². The topological polar surface area (TPSA) is 50.8 Å². The summed E-state index contributed by atoms with van der Waals surface area (Å²) in [5.41, 5.74) is 0.985. The van der Waals surface area contributed by atoms with Crippen LogP contribution in [-0.2, 0) is 9.47 Å². The molecule has 0 aliphatic carbocycles. The van der Waals surface area contributed by atoms with Crippen molar-refractivity contribution in [3.05, 3.63) is 24.0 Å². The smallest absolute Gasteiger partial charge is 0.411 e. The van der Waals surface area contributed by atoms with Crippen LogP contribution in [0, 0.1) is 5.82 Å². The van der Waals surface area contributed by atoms with Crippen molar-refractivity contribution in [2.75, 3.05) is 43.1 Å². The molecule has 6 heteroatoms. The molecule has 1 heterocycles. The minimum atomic E-state index is -0.652. The maximum Gasteiger partial charge on any atom is 0.411 e. The van der Waals surface area contributed by atoms with Gasteiger partial charge in [-0.05, 0) is 25.1 Å². The van der Waals surface area contributed by atoms with Crippen molar-refractivity contribution in [2.45, 2.75) is 6.92 Å². The lowest BCUT2D eigenvalue weighted by molar-refractivity contribution is 0.122. The molecule has 5 nitrogen and oxygen atoms in total. The molecule has 0 bridgehead atoms. The molecule has 1 N–H and O–H groups in total. The molecule has 104 valence electrons. The summed E-state index contributed by atoms with van der Waals surface area (Å²) in [7, 11) is 0. The Hall–Kier alpha value is -1.82. The van der Waals surface area contributed by atoms with Crippen molar-refractivity contribution in [3.8, 4) is 0 Å². The predicted molar refractivity (Wildman–Crippen MR) is 70.1 cm³/mol. The average Bonchev–Trinajstić information content (AvgIpc) is 2.42. The van der Waals surface area contributed by atoms with E-state index < -0.39 is 11.9 Å². The Labute approximate surface area is 111 Å². The van der Waals surface area contributed by atoms with Gasteiger partial charge < -0.3 is 14.4 Å². The van der Waals surface area contributed by atoms with Crippen LogP contribution in [0.1, 0.15) is 6.92 Å². The third kappa shape index (κ3) is 3.57. The highest BCUT2D eigenvalue weighted by atomic mass is 19.1. The van der Waals surface area contributed by atoms with Crippen LogP contribution in [0.15, 0.2) is 18.2 Å². The van der Waals surface area contributed by atoms with Gasteiger partial charge in [0.25, 0.3) is 0 Å². The standard InChI is InChI=1S/C13H17FN2O3/c1-2-19-13(17)15-12-9-10(3-4-11(12)14)16-5-7-18-8-6-16/h3-4,9H,2,5-8H2,1H3,(H,15,17). The molecule has 19 heavy (non-hydrogen) atoms. The third-order valence-corrected chi connectivity index (χ3v) is 2.84. The fourth-order valence-corrected chi connectivity index (χ4v) is 1.90. The van der Waals surface area contributed by atoms with Crippen molar-refractivity contribution in [2.24, 2.45) is 0 Å². The molecule has 1 aliphatic rings. The molecule has 1 aromatic carbocycles. The number of ether oxygens (including phenoxy) is 2. The second-order valence-electron chi connectivity index (χ2n) is 4.11. The van der Waals surface area contributed by atoms with Gasteiger partial charge >= 0.3 is 6.09 Å². The Balaban J connectivity index is 2.11. The molecule has 1 aliphatic heterocycles. The summed E-state index contributed by atoms with van der Waals surface area (Å²) in [6.07, 6.45) is -0.652. The molecule has 1 fully saturated rings. The summed E-state index contributed by atoms with van der Waals surface area (Å²) < 4.78 is 23.6. The molecule has 0 aromatic heterocycles. The Morgan fingerprint density at radius 2 is 2.21 bits per heavy atom. The van der Waals surface area contributed by atoms with Crippen LogP contribution in [0.25, 0.3) is 0 Å². The fraction of sp³-hybridized carbons (Fsp3) is 0.462. The zero-order chi connectivity index (χ0) is 13.7. The Morgan fingerprint density at radius 1 is 1.47 bits per heavy atom. The monoisotopic (exact) mass is 268 g/mol. The number of rotatable bonds is 3. The van der Waals surface area contributed by atoms with Gasteiger partial charge in [-0.25, -0.2) is 9.18 Å². The molecule has 0 unspecified atom stereocenters. The molecule has 0 radical (unpaired) electrons. The number of carbonyl (C=O) groups is 1. The first-order valence-electron chi connectivity index (χ1n) is 6.26. The van der Waals surface area contributed by atoms with Crippen LogP contribution in [0.4, 0.5) is 20.6 Å². The highest BCUT2D eigenvalue weighted by Gasteiger charge is 2.14. The van der Waals surface area contributed by atoms with E-state index in [1.54, 1.807) is 19.1 Å². The number of hydrogen-bond acceptors (Lipinski definition) is 4. The van der Waals surface area contributed by atoms with E-state index in [1.807, 2.05) is 0 Å². The lowest BCUT2D eigenvalue weighted by Crippen LogP contribution is -2.36. The van der Waals surface area contributed by atoms with Gasteiger partial charge in [0.15, 0.2) is 0 Å². The Kier molecular flexibility index (Phi) is 4.57.